The molecule has 0 aliphatic rings. The minimum atomic E-state index is -0.238. The molecule has 0 bridgehead atoms. The number of rotatable bonds is 2. The van der Waals surface area contributed by atoms with Gasteiger partial charge in [-0.05, 0) is 26.8 Å². The second kappa shape index (κ2) is 4.40. The molecule has 0 atom stereocenters. The number of aromatic nitrogens is 4. The molecule has 2 rings (SSSR count). The molecule has 2 heterocycles. The van der Waals surface area contributed by atoms with Crippen LogP contribution in [0.2, 0.25) is 5.15 Å². The van der Waals surface area contributed by atoms with Gasteiger partial charge in [-0.25, -0.2) is 4.68 Å². The van der Waals surface area contributed by atoms with Gasteiger partial charge in [0, 0.05) is 18.8 Å². The Morgan fingerprint density at radius 1 is 1.39 bits per heavy atom. The first-order valence-corrected chi connectivity index (χ1v) is 6.11. The number of hydrogen-bond acceptors (Lipinski definition) is 3. The van der Waals surface area contributed by atoms with Crippen molar-refractivity contribution in [2.24, 2.45) is 7.05 Å². The van der Waals surface area contributed by atoms with Crippen LogP contribution in [0.5, 0.6) is 0 Å². The van der Waals surface area contributed by atoms with E-state index in [0.29, 0.717) is 16.4 Å². The first-order chi connectivity index (χ1) is 8.36. The Morgan fingerprint density at radius 2 is 2.06 bits per heavy atom. The fourth-order valence-corrected chi connectivity index (χ4v) is 2.27. The molecule has 6 heteroatoms. The van der Waals surface area contributed by atoms with Gasteiger partial charge in [0.1, 0.15) is 10.8 Å². The van der Waals surface area contributed by atoms with E-state index < -0.39 is 0 Å². The predicted octanol–water partition coefficient (Wildman–Crippen LogP) is 2.18. The van der Waals surface area contributed by atoms with Gasteiger partial charge in [-0.15, -0.1) is 0 Å². The molecular weight excluding hydrogens is 252 g/mol. The quantitative estimate of drug-likeness (QED) is 0.908. The van der Waals surface area contributed by atoms with E-state index in [-0.39, 0.29) is 12.1 Å². The monoisotopic (exact) mass is 268 g/mol. The van der Waals surface area contributed by atoms with Crippen molar-refractivity contribution >= 4 is 11.6 Å². The lowest BCUT2D eigenvalue weighted by atomic mass is 10.1. The molecule has 5 nitrogen and oxygen atoms in total. The van der Waals surface area contributed by atoms with Crippen LogP contribution in [0.4, 0.5) is 0 Å². The van der Waals surface area contributed by atoms with Crippen LogP contribution in [-0.2, 0) is 19.2 Å². The molecule has 0 unspecified atom stereocenters. The molecule has 0 aliphatic heterocycles. The van der Waals surface area contributed by atoms with Gasteiger partial charge >= 0.3 is 0 Å². The summed E-state index contributed by atoms with van der Waals surface area (Å²) in [5.41, 5.74) is 1.91. The van der Waals surface area contributed by atoms with Gasteiger partial charge in [-0.1, -0.05) is 11.6 Å². The van der Waals surface area contributed by atoms with Crippen LogP contribution in [0.25, 0.3) is 11.4 Å². The normalized spacial score (nSPS) is 12.1. The fraction of sp³-hybridized carbons (Fsp3) is 0.500. The molecule has 0 fully saturated rings. The number of hydrogen-bond donors (Lipinski definition) is 1. The maximum Gasteiger partial charge on any atom is 0.133 e. The standard InChI is InChI=1S/C12H17ClN4O/c1-12(2,3)17-11(13)8(7-18)10(15-17)9-5-6-14-16(9)4/h5-6,18H,7H2,1-4H3. The minimum Gasteiger partial charge on any atom is -0.391 e. The molecule has 0 aliphatic carbocycles. The number of aliphatic hydroxyl groups is 1. The van der Waals surface area contributed by atoms with E-state index in [1.165, 1.54) is 0 Å². The molecule has 0 radical (unpaired) electrons. The Kier molecular flexibility index (Phi) is 3.21. The number of halogens is 1. The molecule has 1 N–H and O–H groups in total. The van der Waals surface area contributed by atoms with Gasteiger partial charge in [0.2, 0.25) is 0 Å². The maximum atomic E-state index is 9.50. The topological polar surface area (TPSA) is 55.9 Å². The van der Waals surface area contributed by atoms with Crippen molar-refractivity contribution in [2.45, 2.75) is 32.9 Å². The maximum absolute atomic E-state index is 9.50. The number of aliphatic hydroxyl groups excluding tert-OH is 1. The lowest BCUT2D eigenvalue weighted by Crippen LogP contribution is -2.23. The summed E-state index contributed by atoms with van der Waals surface area (Å²) in [6.07, 6.45) is 1.69. The number of aryl methyl sites for hydroxylation is 1. The van der Waals surface area contributed by atoms with E-state index in [1.54, 1.807) is 15.6 Å². The first kappa shape index (κ1) is 13.1. The third-order valence-electron chi connectivity index (χ3n) is 2.78. The van der Waals surface area contributed by atoms with Gasteiger partial charge < -0.3 is 5.11 Å². The number of nitrogens with zero attached hydrogens (tertiary/aromatic N) is 4. The summed E-state index contributed by atoms with van der Waals surface area (Å²) in [6.45, 7) is 5.90. The highest BCUT2D eigenvalue weighted by molar-refractivity contribution is 6.30. The lowest BCUT2D eigenvalue weighted by Gasteiger charge is -2.20. The van der Waals surface area contributed by atoms with Crippen molar-refractivity contribution in [3.63, 3.8) is 0 Å². The van der Waals surface area contributed by atoms with Crippen molar-refractivity contribution in [3.05, 3.63) is 23.0 Å². The summed E-state index contributed by atoms with van der Waals surface area (Å²) >= 11 is 6.29. The molecule has 98 valence electrons. The van der Waals surface area contributed by atoms with Crippen LogP contribution in [0.3, 0.4) is 0 Å². The van der Waals surface area contributed by atoms with Crippen LogP contribution in [0.15, 0.2) is 12.3 Å². The molecule has 2 aromatic heterocycles. The van der Waals surface area contributed by atoms with E-state index in [0.717, 1.165) is 5.69 Å². The van der Waals surface area contributed by atoms with E-state index >= 15 is 0 Å². The molecule has 0 spiro atoms. The van der Waals surface area contributed by atoms with E-state index in [1.807, 2.05) is 33.9 Å². The summed E-state index contributed by atoms with van der Waals surface area (Å²) < 4.78 is 3.44. The third-order valence-corrected chi connectivity index (χ3v) is 3.17. The molecular formula is C12H17ClN4O. The van der Waals surface area contributed by atoms with Crippen LogP contribution in [0, 0.1) is 0 Å². The van der Waals surface area contributed by atoms with Crippen molar-refractivity contribution in [1.29, 1.82) is 0 Å². The van der Waals surface area contributed by atoms with Crippen molar-refractivity contribution < 1.29 is 5.11 Å². The third kappa shape index (κ3) is 2.04. The lowest BCUT2D eigenvalue weighted by molar-refractivity contribution is 0.281. The average molecular weight is 269 g/mol. The Hall–Kier alpha value is -1.33. The second-order valence-corrected chi connectivity index (χ2v) is 5.56. The molecule has 0 saturated carbocycles. The smallest absolute Gasteiger partial charge is 0.133 e. The Labute approximate surface area is 111 Å². The van der Waals surface area contributed by atoms with Gasteiger partial charge in [0.25, 0.3) is 0 Å². The Morgan fingerprint density at radius 3 is 2.50 bits per heavy atom. The zero-order valence-corrected chi connectivity index (χ0v) is 11.7. The molecule has 18 heavy (non-hydrogen) atoms. The van der Waals surface area contributed by atoms with Crippen LogP contribution in [-0.4, -0.2) is 24.7 Å². The summed E-state index contributed by atoms with van der Waals surface area (Å²) in [4.78, 5) is 0. The molecule has 0 saturated heterocycles. The van der Waals surface area contributed by atoms with Gasteiger partial charge in [0.15, 0.2) is 0 Å². The van der Waals surface area contributed by atoms with Crippen molar-refractivity contribution in [3.8, 4) is 11.4 Å². The van der Waals surface area contributed by atoms with Crippen molar-refractivity contribution in [1.82, 2.24) is 19.6 Å². The zero-order valence-electron chi connectivity index (χ0n) is 11.0. The predicted molar refractivity (Wildman–Crippen MR) is 70.4 cm³/mol. The Balaban J connectivity index is 2.66. The molecule has 0 aromatic carbocycles. The summed E-state index contributed by atoms with van der Waals surface area (Å²) in [6, 6.07) is 1.85. The Bertz CT molecular complexity index is 565. The molecule has 2 aromatic rings. The van der Waals surface area contributed by atoms with Gasteiger partial charge in [-0.2, -0.15) is 10.2 Å². The van der Waals surface area contributed by atoms with Crippen LogP contribution >= 0.6 is 11.6 Å². The zero-order chi connectivity index (χ0) is 13.5. The molecule has 0 amide bonds. The minimum absolute atomic E-state index is 0.143. The highest BCUT2D eigenvalue weighted by atomic mass is 35.5. The largest absolute Gasteiger partial charge is 0.391 e. The van der Waals surface area contributed by atoms with Crippen LogP contribution < -0.4 is 0 Å². The highest BCUT2D eigenvalue weighted by Gasteiger charge is 2.25. The van der Waals surface area contributed by atoms with Crippen molar-refractivity contribution in [2.75, 3.05) is 0 Å². The SMILES string of the molecule is Cn1nccc1-c1nn(C(C)(C)C)c(Cl)c1CO. The first-order valence-electron chi connectivity index (χ1n) is 5.73. The second-order valence-electron chi connectivity index (χ2n) is 5.20. The van der Waals surface area contributed by atoms with Gasteiger partial charge in [0.05, 0.1) is 17.8 Å². The summed E-state index contributed by atoms with van der Waals surface area (Å²) in [7, 11) is 1.83. The fourth-order valence-electron chi connectivity index (χ4n) is 1.83. The highest BCUT2D eigenvalue weighted by Crippen LogP contribution is 2.31. The average Bonchev–Trinajstić information content (AvgIpc) is 2.80. The van der Waals surface area contributed by atoms with Gasteiger partial charge in [-0.3, -0.25) is 4.68 Å². The van der Waals surface area contributed by atoms with E-state index in [4.69, 9.17) is 11.6 Å². The van der Waals surface area contributed by atoms with E-state index in [9.17, 15) is 5.11 Å². The summed E-state index contributed by atoms with van der Waals surface area (Å²) in [5.74, 6) is 0. The van der Waals surface area contributed by atoms with E-state index in [2.05, 4.69) is 10.2 Å². The summed E-state index contributed by atoms with van der Waals surface area (Å²) in [5, 5.41) is 18.6. The van der Waals surface area contributed by atoms with Crippen LogP contribution in [0.1, 0.15) is 26.3 Å².